The van der Waals surface area contributed by atoms with Gasteiger partial charge in [0.15, 0.2) is 0 Å². The van der Waals surface area contributed by atoms with Gasteiger partial charge in [-0.05, 0) is 38.0 Å². The molecule has 0 bridgehead atoms. The molecule has 0 radical (unpaired) electrons. The summed E-state index contributed by atoms with van der Waals surface area (Å²) in [6.45, 7) is 2.84. The van der Waals surface area contributed by atoms with Crippen LogP contribution in [0.4, 0.5) is 0 Å². The van der Waals surface area contributed by atoms with E-state index in [4.69, 9.17) is 0 Å². The Balaban J connectivity index is 1.75. The van der Waals surface area contributed by atoms with Gasteiger partial charge in [-0.2, -0.15) is 0 Å². The number of hydrogen-bond donors (Lipinski definition) is 2. The van der Waals surface area contributed by atoms with Crippen molar-refractivity contribution in [3.63, 3.8) is 0 Å². The standard InChI is InChI=1S/C14H25NO2/c1-14(7-2-3-8-14)13(17)15-10-11-5-4-6-12(16)9-11/h11-12,16H,2-10H2,1H3,(H,15,17). The Kier molecular flexibility index (Phi) is 4.08. The molecule has 2 unspecified atom stereocenters. The van der Waals surface area contributed by atoms with Gasteiger partial charge in [0.2, 0.25) is 5.91 Å². The van der Waals surface area contributed by atoms with Crippen LogP contribution in [0.25, 0.3) is 0 Å². The second-order valence-corrected chi connectivity index (χ2v) is 6.16. The van der Waals surface area contributed by atoms with E-state index in [-0.39, 0.29) is 17.4 Å². The average Bonchev–Trinajstić information content (AvgIpc) is 2.74. The molecule has 3 heteroatoms. The highest BCUT2D eigenvalue weighted by atomic mass is 16.3. The smallest absolute Gasteiger partial charge is 0.225 e. The molecule has 2 fully saturated rings. The van der Waals surface area contributed by atoms with Crippen LogP contribution in [0.1, 0.15) is 58.3 Å². The van der Waals surface area contributed by atoms with Gasteiger partial charge in [-0.15, -0.1) is 0 Å². The van der Waals surface area contributed by atoms with E-state index >= 15 is 0 Å². The van der Waals surface area contributed by atoms with E-state index < -0.39 is 0 Å². The zero-order valence-corrected chi connectivity index (χ0v) is 10.9. The number of hydrogen-bond acceptors (Lipinski definition) is 2. The minimum atomic E-state index is -0.146. The summed E-state index contributed by atoms with van der Waals surface area (Å²) in [6, 6.07) is 0. The van der Waals surface area contributed by atoms with Crippen molar-refractivity contribution in [2.24, 2.45) is 11.3 Å². The largest absolute Gasteiger partial charge is 0.393 e. The third kappa shape index (κ3) is 3.21. The number of amides is 1. The lowest BCUT2D eigenvalue weighted by molar-refractivity contribution is -0.130. The number of nitrogens with one attached hydrogen (secondary N) is 1. The first-order valence-corrected chi connectivity index (χ1v) is 7.06. The fourth-order valence-corrected chi connectivity index (χ4v) is 3.28. The van der Waals surface area contributed by atoms with Crippen LogP contribution in [0, 0.1) is 11.3 Å². The van der Waals surface area contributed by atoms with Gasteiger partial charge in [0.1, 0.15) is 0 Å². The summed E-state index contributed by atoms with van der Waals surface area (Å²) >= 11 is 0. The van der Waals surface area contributed by atoms with E-state index in [9.17, 15) is 9.90 Å². The highest BCUT2D eigenvalue weighted by Gasteiger charge is 2.36. The molecule has 2 rings (SSSR count). The van der Waals surface area contributed by atoms with E-state index in [1.54, 1.807) is 0 Å². The maximum atomic E-state index is 12.1. The molecule has 2 aliphatic carbocycles. The van der Waals surface area contributed by atoms with Crippen molar-refractivity contribution in [1.29, 1.82) is 0 Å². The molecule has 1 amide bonds. The summed E-state index contributed by atoms with van der Waals surface area (Å²) in [5.41, 5.74) is -0.118. The zero-order chi connectivity index (χ0) is 12.3. The topological polar surface area (TPSA) is 49.3 Å². The van der Waals surface area contributed by atoms with E-state index in [0.717, 1.165) is 45.1 Å². The van der Waals surface area contributed by atoms with Crippen molar-refractivity contribution in [2.45, 2.75) is 64.4 Å². The molecule has 0 saturated heterocycles. The molecule has 2 saturated carbocycles. The predicted octanol–water partition coefficient (Wildman–Crippen LogP) is 2.23. The van der Waals surface area contributed by atoms with Crippen molar-refractivity contribution in [3.05, 3.63) is 0 Å². The van der Waals surface area contributed by atoms with E-state index in [1.165, 1.54) is 12.8 Å². The lowest BCUT2D eigenvalue weighted by Crippen LogP contribution is -2.40. The monoisotopic (exact) mass is 239 g/mol. The summed E-state index contributed by atoms with van der Waals surface area (Å²) in [7, 11) is 0. The Labute approximate surface area is 104 Å². The molecular formula is C14H25NO2. The summed E-state index contributed by atoms with van der Waals surface area (Å²) in [5.74, 6) is 0.711. The minimum Gasteiger partial charge on any atom is -0.393 e. The zero-order valence-electron chi connectivity index (χ0n) is 10.9. The van der Waals surface area contributed by atoms with Gasteiger partial charge in [0.25, 0.3) is 0 Å². The quantitative estimate of drug-likeness (QED) is 0.793. The third-order valence-electron chi connectivity index (χ3n) is 4.56. The van der Waals surface area contributed by atoms with Gasteiger partial charge in [0.05, 0.1) is 6.10 Å². The highest BCUT2D eigenvalue weighted by Crippen LogP contribution is 2.37. The molecule has 2 atom stereocenters. The first-order chi connectivity index (χ1) is 8.10. The van der Waals surface area contributed by atoms with E-state index in [2.05, 4.69) is 12.2 Å². The molecular weight excluding hydrogens is 214 g/mol. The second kappa shape index (κ2) is 5.38. The van der Waals surface area contributed by atoms with Crippen molar-refractivity contribution in [1.82, 2.24) is 5.32 Å². The lowest BCUT2D eigenvalue weighted by Gasteiger charge is -2.28. The molecule has 98 valence electrons. The van der Waals surface area contributed by atoms with Gasteiger partial charge in [-0.25, -0.2) is 0 Å². The van der Waals surface area contributed by atoms with Gasteiger partial charge in [-0.1, -0.05) is 26.2 Å². The minimum absolute atomic E-state index is 0.118. The van der Waals surface area contributed by atoms with Crippen LogP contribution >= 0.6 is 0 Å². The molecule has 0 aromatic rings. The summed E-state index contributed by atoms with van der Waals surface area (Å²) in [4.78, 5) is 12.1. The SMILES string of the molecule is CC1(C(=O)NCC2CCCC(O)C2)CCCC1. The molecule has 0 heterocycles. The van der Waals surface area contributed by atoms with Crippen LogP contribution in [0.2, 0.25) is 0 Å². The Hall–Kier alpha value is -0.570. The molecule has 0 aliphatic heterocycles. The van der Waals surface area contributed by atoms with Crippen molar-refractivity contribution < 1.29 is 9.90 Å². The number of aliphatic hydroxyl groups excluding tert-OH is 1. The van der Waals surface area contributed by atoms with Crippen molar-refractivity contribution in [2.75, 3.05) is 6.54 Å². The normalized spacial score (nSPS) is 32.4. The van der Waals surface area contributed by atoms with Crippen LogP contribution < -0.4 is 5.32 Å². The Bertz CT molecular complexity index is 271. The molecule has 17 heavy (non-hydrogen) atoms. The molecule has 3 nitrogen and oxygen atoms in total. The van der Waals surface area contributed by atoms with Crippen LogP contribution in [0.15, 0.2) is 0 Å². The Morgan fingerprint density at radius 3 is 2.65 bits per heavy atom. The first-order valence-electron chi connectivity index (χ1n) is 7.06. The molecule has 0 aromatic carbocycles. The average molecular weight is 239 g/mol. The Morgan fingerprint density at radius 2 is 2.00 bits per heavy atom. The fraction of sp³-hybridized carbons (Fsp3) is 0.929. The molecule has 0 aromatic heterocycles. The Morgan fingerprint density at radius 1 is 1.29 bits per heavy atom. The first kappa shape index (κ1) is 12.9. The van der Waals surface area contributed by atoms with Crippen LogP contribution in [-0.4, -0.2) is 23.7 Å². The number of rotatable bonds is 3. The molecule has 0 spiro atoms. The maximum absolute atomic E-state index is 12.1. The number of aliphatic hydroxyl groups is 1. The summed E-state index contributed by atoms with van der Waals surface area (Å²) in [5, 5.41) is 12.7. The highest BCUT2D eigenvalue weighted by molar-refractivity contribution is 5.82. The molecule has 2 aliphatic rings. The predicted molar refractivity (Wildman–Crippen MR) is 67.5 cm³/mol. The third-order valence-corrected chi connectivity index (χ3v) is 4.56. The van der Waals surface area contributed by atoms with Gasteiger partial charge in [0, 0.05) is 12.0 Å². The van der Waals surface area contributed by atoms with E-state index in [1.807, 2.05) is 0 Å². The van der Waals surface area contributed by atoms with Crippen LogP contribution in [0.3, 0.4) is 0 Å². The van der Waals surface area contributed by atoms with Crippen LogP contribution in [-0.2, 0) is 4.79 Å². The lowest BCUT2D eigenvalue weighted by atomic mass is 9.85. The molecule has 2 N–H and O–H groups in total. The summed E-state index contributed by atoms with van der Waals surface area (Å²) in [6.07, 6.45) is 8.33. The van der Waals surface area contributed by atoms with Gasteiger partial charge in [-0.3, -0.25) is 4.79 Å². The van der Waals surface area contributed by atoms with E-state index in [0.29, 0.717) is 5.92 Å². The number of carbonyl (C=O) groups excluding carboxylic acids is 1. The second-order valence-electron chi connectivity index (χ2n) is 6.16. The van der Waals surface area contributed by atoms with Crippen molar-refractivity contribution >= 4 is 5.91 Å². The summed E-state index contributed by atoms with van der Waals surface area (Å²) < 4.78 is 0. The fourth-order valence-electron chi connectivity index (χ4n) is 3.28. The number of carbonyl (C=O) groups is 1. The van der Waals surface area contributed by atoms with Crippen molar-refractivity contribution in [3.8, 4) is 0 Å². The van der Waals surface area contributed by atoms with Gasteiger partial charge >= 0.3 is 0 Å². The van der Waals surface area contributed by atoms with Crippen LogP contribution in [0.5, 0.6) is 0 Å². The maximum Gasteiger partial charge on any atom is 0.225 e. The van der Waals surface area contributed by atoms with Gasteiger partial charge < -0.3 is 10.4 Å².